The minimum atomic E-state index is -1.34. The molecule has 0 saturated carbocycles. The highest BCUT2D eigenvalue weighted by Crippen LogP contribution is 2.15. The summed E-state index contributed by atoms with van der Waals surface area (Å²) in [6, 6.07) is 5.06. The van der Waals surface area contributed by atoms with Crippen molar-refractivity contribution in [3.8, 4) is 0 Å². The molecule has 0 aliphatic carbocycles. The van der Waals surface area contributed by atoms with Crippen LogP contribution in [0.25, 0.3) is 0 Å². The molecule has 1 aromatic carbocycles. The van der Waals surface area contributed by atoms with Crippen molar-refractivity contribution in [2.75, 3.05) is 14.2 Å². The first kappa shape index (κ1) is 11.6. The van der Waals surface area contributed by atoms with Gasteiger partial charge < -0.3 is 5.11 Å². The molecule has 1 aromatic rings. The van der Waals surface area contributed by atoms with Crippen LogP contribution in [-0.4, -0.2) is 30.2 Å². The van der Waals surface area contributed by atoms with E-state index in [9.17, 15) is 14.3 Å². The average molecular weight is 213 g/mol. The van der Waals surface area contributed by atoms with Crippen LogP contribution in [-0.2, 0) is 9.63 Å². The van der Waals surface area contributed by atoms with Crippen LogP contribution in [0.2, 0.25) is 0 Å². The molecule has 5 heteroatoms. The van der Waals surface area contributed by atoms with Gasteiger partial charge in [0.25, 0.3) is 5.91 Å². The van der Waals surface area contributed by atoms with E-state index in [0.29, 0.717) is 5.56 Å². The minimum Gasteiger partial charge on any atom is -0.378 e. The number of aliphatic hydroxyl groups excluding tert-OH is 1. The molecule has 0 bridgehead atoms. The zero-order valence-electron chi connectivity index (χ0n) is 8.48. The van der Waals surface area contributed by atoms with Gasteiger partial charge in [0.2, 0.25) is 0 Å². The van der Waals surface area contributed by atoms with Crippen LogP contribution in [0.3, 0.4) is 0 Å². The third-order valence-electron chi connectivity index (χ3n) is 2.00. The lowest BCUT2D eigenvalue weighted by molar-refractivity contribution is -0.178. The summed E-state index contributed by atoms with van der Waals surface area (Å²) in [5.41, 5.74) is 0.324. The Morgan fingerprint density at radius 1 is 1.47 bits per heavy atom. The van der Waals surface area contributed by atoms with Crippen molar-refractivity contribution >= 4 is 5.91 Å². The summed E-state index contributed by atoms with van der Waals surface area (Å²) in [6.07, 6.45) is -1.34. The van der Waals surface area contributed by atoms with Crippen LogP contribution in [0.1, 0.15) is 11.7 Å². The predicted molar refractivity (Wildman–Crippen MR) is 51.1 cm³/mol. The molecule has 1 N–H and O–H groups in total. The number of amides is 1. The Balaban J connectivity index is 2.80. The van der Waals surface area contributed by atoms with E-state index < -0.39 is 17.8 Å². The normalized spacial score (nSPS) is 12.3. The van der Waals surface area contributed by atoms with E-state index in [-0.39, 0.29) is 0 Å². The summed E-state index contributed by atoms with van der Waals surface area (Å²) >= 11 is 0. The monoisotopic (exact) mass is 213 g/mol. The van der Waals surface area contributed by atoms with Crippen molar-refractivity contribution in [1.29, 1.82) is 0 Å². The van der Waals surface area contributed by atoms with E-state index in [2.05, 4.69) is 4.84 Å². The highest BCUT2D eigenvalue weighted by Gasteiger charge is 2.21. The number of hydroxylamine groups is 2. The van der Waals surface area contributed by atoms with Crippen molar-refractivity contribution < 1.29 is 19.1 Å². The molecule has 82 valence electrons. The number of hydrogen-bond acceptors (Lipinski definition) is 3. The van der Waals surface area contributed by atoms with Crippen molar-refractivity contribution in [2.24, 2.45) is 0 Å². The Bertz CT molecular complexity index is 339. The molecule has 0 spiro atoms. The Morgan fingerprint density at radius 2 is 2.00 bits per heavy atom. The average Bonchev–Trinajstić information content (AvgIpc) is 2.27. The second-order valence-corrected chi connectivity index (χ2v) is 2.97. The molecule has 4 nitrogen and oxygen atoms in total. The summed E-state index contributed by atoms with van der Waals surface area (Å²) in [6.45, 7) is 0. The lowest BCUT2D eigenvalue weighted by Gasteiger charge is -2.17. The number of halogens is 1. The fourth-order valence-corrected chi connectivity index (χ4v) is 1.05. The Hall–Kier alpha value is -1.46. The molecule has 0 radical (unpaired) electrons. The number of benzene rings is 1. The fourth-order valence-electron chi connectivity index (χ4n) is 1.05. The molecular formula is C10H12FNO3. The standard InChI is InChI=1S/C10H12FNO3/c1-12(15-2)10(14)9(13)7-3-5-8(11)6-4-7/h3-6,9,13H,1-2H3. The van der Waals surface area contributed by atoms with E-state index >= 15 is 0 Å². The topological polar surface area (TPSA) is 49.8 Å². The molecule has 0 saturated heterocycles. The molecule has 0 aliphatic rings. The van der Waals surface area contributed by atoms with Crippen LogP contribution in [0, 0.1) is 5.82 Å². The third kappa shape index (κ3) is 2.74. The van der Waals surface area contributed by atoms with E-state index in [0.717, 1.165) is 5.06 Å². The van der Waals surface area contributed by atoms with Gasteiger partial charge in [-0.25, -0.2) is 9.45 Å². The lowest BCUT2D eigenvalue weighted by atomic mass is 10.1. The Labute approximate surface area is 86.8 Å². The number of likely N-dealkylation sites (N-methyl/N-ethyl adjacent to an activating group) is 1. The van der Waals surface area contributed by atoms with Gasteiger partial charge in [-0.05, 0) is 17.7 Å². The van der Waals surface area contributed by atoms with Crippen LogP contribution >= 0.6 is 0 Å². The van der Waals surface area contributed by atoms with Gasteiger partial charge in [-0.15, -0.1) is 0 Å². The molecule has 1 rings (SSSR count). The van der Waals surface area contributed by atoms with Gasteiger partial charge in [0.15, 0.2) is 6.10 Å². The first-order chi connectivity index (χ1) is 7.06. The molecule has 0 aliphatic heterocycles. The van der Waals surface area contributed by atoms with Gasteiger partial charge in [0.1, 0.15) is 5.82 Å². The summed E-state index contributed by atoms with van der Waals surface area (Å²) in [7, 11) is 2.70. The highest BCUT2D eigenvalue weighted by molar-refractivity contribution is 5.80. The van der Waals surface area contributed by atoms with Gasteiger partial charge >= 0.3 is 0 Å². The van der Waals surface area contributed by atoms with E-state index in [1.54, 1.807) is 0 Å². The first-order valence-corrected chi connectivity index (χ1v) is 4.31. The molecule has 1 atom stereocenters. The Morgan fingerprint density at radius 3 is 2.47 bits per heavy atom. The molecule has 0 fully saturated rings. The molecule has 1 amide bonds. The highest BCUT2D eigenvalue weighted by atomic mass is 19.1. The Kier molecular flexibility index (Phi) is 3.76. The summed E-state index contributed by atoms with van der Waals surface area (Å²) in [4.78, 5) is 16.0. The second kappa shape index (κ2) is 4.86. The van der Waals surface area contributed by atoms with Crippen molar-refractivity contribution in [2.45, 2.75) is 6.10 Å². The van der Waals surface area contributed by atoms with Crippen molar-refractivity contribution in [1.82, 2.24) is 5.06 Å². The molecule has 15 heavy (non-hydrogen) atoms. The number of aliphatic hydroxyl groups is 1. The summed E-state index contributed by atoms with van der Waals surface area (Å²) in [5.74, 6) is -1.03. The van der Waals surface area contributed by atoms with Crippen molar-refractivity contribution in [3.63, 3.8) is 0 Å². The number of rotatable bonds is 3. The SMILES string of the molecule is CON(C)C(=O)C(O)c1ccc(F)cc1. The fraction of sp³-hybridized carbons (Fsp3) is 0.300. The van der Waals surface area contributed by atoms with Gasteiger partial charge in [-0.2, -0.15) is 0 Å². The summed E-state index contributed by atoms with van der Waals surface area (Å²) in [5, 5.41) is 10.5. The molecule has 0 aromatic heterocycles. The maximum atomic E-state index is 12.6. The molecule has 1 unspecified atom stereocenters. The predicted octanol–water partition coefficient (Wildman–Crippen LogP) is 0.879. The zero-order valence-corrected chi connectivity index (χ0v) is 8.48. The quantitative estimate of drug-likeness (QED) is 0.758. The first-order valence-electron chi connectivity index (χ1n) is 4.31. The second-order valence-electron chi connectivity index (χ2n) is 2.97. The smallest absolute Gasteiger partial charge is 0.279 e. The van der Waals surface area contributed by atoms with Gasteiger partial charge in [0.05, 0.1) is 7.11 Å². The largest absolute Gasteiger partial charge is 0.378 e. The number of nitrogens with zero attached hydrogens (tertiary/aromatic N) is 1. The minimum absolute atomic E-state index is 0.324. The zero-order chi connectivity index (χ0) is 11.4. The van der Waals surface area contributed by atoms with E-state index in [4.69, 9.17) is 0 Å². The number of carbonyl (C=O) groups is 1. The van der Waals surface area contributed by atoms with Crippen LogP contribution in [0.4, 0.5) is 4.39 Å². The summed E-state index contributed by atoms with van der Waals surface area (Å²) < 4.78 is 12.6. The van der Waals surface area contributed by atoms with E-state index in [1.165, 1.54) is 38.4 Å². The van der Waals surface area contributed by atoms with Crippen LogP contribution < -0.4 is 0 Å². The lowest BCUT2D eigenvalue weighted by Crippen LogP contribution is -2.30. The third-order valence-corrected chi connectivity index (χ3v) is 2.00. The molecular weight excluding hydrogens is 201 g/mol. The van der Waals surface area contributed by atoms with Gasteiger partial charge in [-0.1, -0.05) is 12.1 Å². The number of carbonyl (C=O) groups excluding carboxylic acids is 1. The van der Waals surface area contributed by atoms with E-state index in [1.807, 2.05) is 0 Å². The van der Waals surface area contributed by atoms with Gasteiger partial charge in [-0.3, -0.25) is 9.63 Å². The van der Waals surface area contributed by atoms with Gasteiger partial charge in [0, 0.05) is 7.05 Å². The molecule has 0 heterocycles. The maximum absolute atomic E-state index is 12.6. The number of hydrogen-bond donors (Lipinski definition) is 1. The van der Waals surface area contributed by atoms with Crippen LogP contribution in [0.15, 0.2) is 24.3 Å². The van der Waals surface area contributed by atoms with Crippen LogP contribution in [0.5, 0.6) is 0 Å². The maximum Gasteiger partial charge on any atom is 0.279 e. The van der Waals surface area contributed by atoms with Crippen molar-refractivity contribution in [3.05, 3.63) is 35.6 Å².